The maximum Gasteiger partial charge on any atom is 0.227 e. The number of aryl methyl sites for hydroxylation is 3. The zero-order chi connectivity index (χ0) is 17.0. The molecule has 0 aromatic heterocycles. The van der Waals surface area contributed by atoms with Gasteiger partial charge in [-0.15, -0.1) is 0 Å². The summed E-state index contributed by atoms with van der Waals surface area (Å²) in [5.41, 5.74) is 4.33. The third-order valence-corrected chi connectivity index (χ3v) is 4.30. The van der Waals surface area contributed by atoms with Gasteiger partial charge < -0.3 is 15.5 Å². The van der Waals surface area contributed by atoms with Crippen LogP contribution in [0.1, 0.15) is 29.5 Å². The second-order valence-electron chi connectivity index (χ2n) is 6.40. The Hall–Kier alpha value is -1.88. The summed E-state index contributed by atoms with van der Waals surface area (Å²) in [6.45, 7) is 8.09. The van der Waals surface area contributed by atoms with Gasteiger partial charge in [-0.2, -0.15) is 0 Å². The molecule has 2 amide bonds. The Labute approximate surface area is 138 Å². The van der Waals surface area contributed by atoms with Crippen molar-refractivity contribution in [3.63, 3.8) is 0 Å². The van der Waals surface area contributed by atoms with E-state index >= 15 is 0 Å². The van der Waals surface area contributed by atoms with E-state index in [0.717, 1.165) is 29.8 Å². The van der Waals surface area contributed by atoms with E-state index in [1.807, 2.05) is 20.9 Å². The van der Waals surface area contributed by atoms with Gasteiger partial charge in [0.2, 0.25) is 11.8 Å². The first-order chi connectivity index (χ1) is 10.9. The maximum absolute atomic E-state index is 12.4. The minimum absolute atomic E-state index is 0.0145. The largest absolute Gasteiger partial charge is 0.356 e. The van der Waals surface area contributed by atoms with Gasteiger partial charge in [-0.1, -0.05) is 17.7 Å². The zero-order valence-corrected chi connectivity index (χ0v) is 14.5. The number of nitrogens with one attached hydrogen (secondary N) is 2. The molecular weight excluding hydrogens is 290 g/mol. The van der Waals surface area contributed by atoms with Crippen LogP contribution in [0.3, 0.4) is 0 Å². The van der Waals surface area contributed by atoms with E-state index in [1.54, 1.807) is 4.90 Å². The lowest BCUT2D eigenvalue weighted by Gasteiger charge is -2.22. The molecule has 2 rings (SSSR count). The normalized spacial score (nSPS) is 17.7. The van der Waals surface area contributed by atoms with E-state index in [4.69, 9.17) is 0 Å². The fourth-order valence-corrected chi connectivity index (χ4v) is 3.32. The van der Waals surface area contributed by atoms with Crippen LogP contribution in [-0.2, 0) is 9.59 Å². The number of anilines is 1. The molecular formula is C18H27N3O2. The maximum atomic E-state index is 12.4. The average molecular weight is 317 g/mol. The molecule has 2 N–H and O–H groups in total. The lowest BCUT2D eigenvalue weighted by atomic mass is 10.0. The van der Waals surface area contributed by atoms with Crippen molar-refractivity contribution in [2.45, 2.75) is 33.6 Å². The first-order valence-electron chi connectivity index (χ1n) is 8.24. The fraction of sp³-hybridized carbons (Fsp3) is 0.556. The Morgan fingerprint density at radius 3 is 2.48 bits per heavy atom. The van der Waals surface area contributed by atoms with Crippen LogP contribution in [0.25, 0.3) is 0 Å². The molecule has 1 fully saturated rings. The van der Waals surface area contributed by atoms with Gasteiger partial charge in [-0.05, 0) is 51.9 Å². The highest BCUT2D eigenvalue weighted by atomic mass is 16.2. The Morgan fingerprint density at radius 1 is 1.22 bits per heavy atom. The average Bonchev–Trinajstić information content (AvgIpc) is 2.84. The smallest absolute Gasteiger partial charge is 0.227 e. The van der Waals surface area contributed by atoms with Crippen molar-refractivity contribution in [1.29, 1.82) is 0 Å². The number of rotatable bonds is 6. The van der Waals surface area contributed by atoms with Crippen LogP contribution in [0.2, 0.25) is 0 Å². The van der Waals surface area contributed by atoms with Crippen molar-refractivity contribution >= 4 is 17.5 Å². The van der Waals surface area contributed by atoms with Crippen LogP contribution in [0.15, 0.2) is 12.1 Å². The van der Waals surface area contributed by atoms with Crippen molar-refractivity contribution in [1.82, 2.24) is 10.6 Å². The van der Waals surface area contributed by atoms with Crippen LogP contribution >= 0.6 is 0 Å². The number of carbonyl (C=O) groups is 2. The molecule has 5 nitrogen and oxygen atoms in total. The molecule has 1 aromatic carbocycles. The molecule has 1 heterocycles. The van der Waals surface area contributed by atoms with Gasteiger partial charge in [0.15, 0.2) is 0 Å². The summed E-state index contributed by atoms with van der Waals surface area (Å²) in [7, 11) is 1.89. The Morgan fingerprint density at radius 2 is 1.87 bits per heavy atom. The molecule has 1 aliphatic heterocycles. The summed E-state index contributed by atoms with van der Waals surface area (Å²) in [5.74, 6) is -0.230. The first kappa shape index (κ1) is 17.5. The van der Waals surface area contributed by atoms with Gasteiger partial charge in [-0.25, -0.2) is 0 Å². The van der Waals surface area contributed by atoms with E-state index in [2.05, 4.69) is 29.7 Å². The summed E-state index contributed by atoms with van der Waals surface area (Å²) >= 11 is 0. The van der Waals surface area contributed by atoms with Gasteiger partial charge in [-0.3, -0.25) is 9.59 Å². The van der Waals surface area contributed by atoms with Crippen molar-refractivity contribution < 1.29 is 9.59 Å². The molecule has 0 radical (unpaired) electrons. The molecule has 1 saturated heterocycles. The van der Waals surface area contributed by atoms with E-state index in [-0.39, 0.29) is 17.7 Å². The van der Waals surface area contributed by atoms with E-state index in [9.17, 15) is 9.59 Å². The fourth-order valence-electron chi connectivity index (χ4n) is 3.32. The lowest BCUT2D eigenvalue weighted by Crippen LogP contribution is -2.34. The monoisotopic (exact) mass is 317 g/mol. The van der Waals surface area contributed by atoms with Crippen LogP contribution in [0.5, 0.6) is 0 Å². The second-order valence-corrected chi connectivity index (χ2v) is 6.40. The van der Waals surface area contributed by atoms with E-state index in [0.29, 0.717) is 19.5 Å². The standard InChI is InChI=1S/C18H27N3O2/c1-12-8-13(2)17(14(3)9-12)21-11-15(10-16(21)22)18(23)20-7-5-6-19-4/h8-9,15,19H,5-7,10-11H2,1-4H3,(H,20,23). The van der Waals surface area contributed by atoms with Crippen LogP contribution in [0.4, 0.5) is 5.69 Å². The van der Waals surface area contributed by atoms with Crippen molar-refractivity contribution in [3.05, 3.63) is 28.8 Å². The second kappa shape index (κ2) is 7.59. The zero-order valence-electron chi connectivity index (χ0n) is 14.5. The SMILES string of the molecule is CNCCCNC(=O)C1CC(=O)N(c2c(C)cc(C)cc2C)C1. The number of hydrogen-bond acceptors (Lipinski definition) is 3. The van der Waals surface area contributed by atoms with Crippen molar-refractivity contribution in [2.24, 2.45) is 5.92 Å². The number of hydrogen-bond donors (Lipinski definition) is 2. The summed E-state index contributed by atoms with van der Waals surface area (Å²) in [5, 5.41) is 5.98. The first-order valence-corrected chi connectivity index (χ1v) is 8.24. The Bertz CT molecular complexity index is 575. The molecule has 1 unspecified atom stereocenters. The summed E-state index contributed by atoms with van der Waals surface area (Å²) in [4.78, 5) is 26.4. The summed E-state index contributed by atoms with van der Waals surface area (Å²) in [6.07, 6.45) is 1.19. The lowest BCUT2D eigenvalue weighted by molar-refractivity contribution is -0.126. The molecule has 23 heavy (non-hydrogen) atoms. The van der Waals surface area contributed by atoms with E-state index < -0.39 is 0 Å². The molecule has 0 aliphatic carbocycles. The predicted molar refractivity (Wildman–Crippen MR) is 92.7 cm³/mol. The Kier molecular flexibility index (Phi) is 5.77. The van der Waals surface area contributed by atoms with Crippen molar-refractivity contribution in [3.8, 4) is 0 Å². The van der Waals surface area contributed by atoms with Crippen molar-refractivity contribution in [2.75, 3.05) is 31.6 Å². The minimum Gasteiger partial charge on any atom is -0.356 e. The third-order valence-electron chi connectivity index (χ3n) is 4.30. The topological polar surface area (TPSA) is 61.4 Å². The van der Waals surface area contributed by atoms with Crippen LogP contribution in [0, 0.1) is 26.7 Å². The number of nitrogens with zero attached hydrogens (tertiary/aromatic N) is 1. The number of benzene rings is 1. The molecule has 0 saturated carbocycles. The third kappa shape index (κ3) is 4.10. The molecule has 0 spiro atoms. The van der Waals surface area contributed by atoms with Gasteiger partial charge in [0.1, 0.15) is 0 Å². The molecule has 0 bridgehead atoms. The predicted octanol–water partition coefficient (Wildman–Crippen LogP) is 1.69. The molecule has 1 aliphatic rings. The highest BCUT2D eigenvalue weighted by Gasteiger charge is 2.36. The van der Waals surface area contributed by atoms with E-state index in [1.165, 1.54) is 5.56 Å². The Balaban J connectivity index is 2.04. The van der Waals surface area contributed by atoms with Crippen LogP contribution in [-0.4, -0.2) is 38.5 Å². The van der Waals surface area contributed by atoms with Gasteiger partial charge in [0, 0.05) is 25.2 Å². The van der Waals surface area contributed by atoms with Crippen LogP contribution < -0.4 is 15.5 Å². The highest BCUT2D eigenvalue weighted by molar-refractivity contribution is 6.01. The number of carbonyl (C=O) groups excluding carboxylic acids is 2. The van der Waals surface area contributed by atoms with Gasteiger partial charge in [0.05, 0.1) is 5.92 Å². The molecule has 1 aromatic rings. The molecule has 126 valence electrons. The highest BCUT2D eigenvalue weighted by Crippen LogP contribution is 2.31. The summed E-state index contributed by atoms with van der Waals surface area (Å²) in [6, 6.07) is 4.17. The summed E-state index contributed by atoms with van der Waals surface area (Å²) < 4.78 is 0. The number of amides is 2. The minimum atomic E-state index is -0.253. The van der Waals surface area contributed by atoms with Gasteiger partial charge >= 0.3 is 0 Å². The quantitative estimate of drug-likeness (QED) is 0.785. The molecule has 1 atom stereocenters. The van der Waals surface area contributed by atoms with Gasteiger partial charge in [0.25, 0.3) is 0 Å². The molecule has 5 heteroatoms.